The molecule has 13 heavy (non-hydrogen) atoms. The number of rotatable bonds is 1. The van der Waals surface area contributed by atoms with Gasteiger partial charge >= 0.3 is 0 Å². The van der Waals surface area contributed by atoms with Crippen LogP contribution in [0.15, 0.2) is 39.7 Å². The van der Waals surface area contributed by atoms with E-state index < -0.39 is 0 Å². The van der Waals surface area contributed by atoms with Gasteiger partial charge in [0.25, 0.3) is 0 Å². The Kier molecular flexibility index (Phi) is 2.38. The van der Waals surface area contributed by atoms with Gasteiger partial charge in [-0.2, -0.15) is 0 Å². The highest BCUT2D eigenvalue weighted by Crippen LogP contribution is 2.26. The van der Waals surface area contributed by atoms with Crippen LogP contribution in [-0.4, -0.2) is 4.98 Å². The van der Waals surface area contributed by atoms with Gasteiger partial charge in [0.1, 0.15) is 0 Å². The van der Waals surface area contributed by atoms with Crippen LogP contribution < -0.4 is 0 Å². The zero-order chi connectivity index (χ0) is 9.26. The third kappa shape index (κ3) is 1.92. The van der Waals surface area contributed by atoms with Gasteiger partial charge < -0.3 is 4.42 Å². The summed E-state index contributed by atoms with van der Waals surface area (Å²) < 4.78 is 6.06. The van der Waals surface area contributed by atoms with Crippen LogP contribution in [0.1, 0.15) is 0 Å². The fourth-order valence-corrected chi connectivity index (χ4v) is 1.91. The molecule has 0 amide bonds. The molecule has 0 spiro atoms. The van der Waals surface area contributed by atoms with Gasteiger partial charge in [-0.05, 0) is 18.2 Å². The zero-order valence-electron chi connectivity index (χ0n) is 6.50. The smallest absolute Gasteiger partial charge is 0.181 e. The van der Waals surface area contributed by atoms with E-state index >= 15 is 0 Å². The van der Waals surface area contributed by atoms with Crippen molar-refractivity contribution in [3.8, 4) is 11.3 Å². The largest absolute Gasteiger partial charge is 0.444 e. The van der Waals surface area contributed by atoms with Crippen molar-refractivity contribution >= 4 is 27.5 Å². The molecule has 0 saturated carbocycles. The van der Waals surface area contributed by atoms with Crippen molar-refractivity contribution in [3.05, 3.63) is 40.3 Å². The summed E-state index contributed by atoms with van der Waals surface area (Å²) in [5, 5.41) is 0.667. The Hall–Kier alpha value is -0.800. The molecule has 0 N–H and O–H groups in total. The third-order valence-corrected chi connectivity index (χ3v) is 2.26. The van der Waals surface area contributed by atoms with Crippen LogP contribution in [-0.2, 0) is 0 Å². The van der Waals surface area contributed by atoms with Crippen LogP contribution in [0.2, 0.25) is 5.02 Å². The summed E-state index contributed by atoms with van der Waals surface area (Å²) in [5.41, 5.74) is 0.914. The summed E-state index contributed by atoms with van der Waals surface area (Å²) in [6, 6.07) is 5.57. The van der Waals surface area contributed by atoms with E-state index in [2.05, 4.69) is 20.9 Å². The predicted molar refractivity (Wildman–Crippen MR) is 54.6 cm³/mol. The van der Waals surface area contributed by atoms with Crippen molar-refractivity contribution in [2.45, 2.75) is 0 Å². The van der Waals surface area contributed by atoms with Crippen molar-refractivity contribution in [1.82, 2.24) is 4.98 Å². The van der Waals surface area contributed by atoms with Crippen molar-refractivity contribution in [3.63, 3.8) is 0 Å². The Bertz CT molecular complexity index is 393. The van der Waals surface area contributed by atoms with E-state index in [1.54, 1.807) is 6.20 Å². The summed E-state index contributed by atoms with van der Waals surface area (Å²) in [6.45, 7) is 0. The summed E-state index contributed by atoms with van der Waals surface area (Å²) in [5.74, 6) is 0.711. The van der Waals surface area contributed by atoms with Gasteiger partial charge in [0, 0.05) is 15.1 Å². The number of aromatic nitrogens is 1. The molecule has 0 fully saturated rings. The SMILES string of the molecule is Clc1cc(Br)cc(-c2cnco2)c1. The Morgan fingerprint density at radius 1 is 1.31 bits per heavy atom. The molecule has 2 nitrogen and oxygen atoms in total. The average molecular weight is 259 g/mol. The average Bonchev–Trinajstić information content (AvgIpc) is 2.53. The van der Waals surface area contributed by atoms with Crippen LogP contribution in [0.25, 0.3) is 11.3 Å². The number of oxazole rings is 1. The fourth-order valence-electron chi connectivity index (χ4n) is 1.05. The normalized spacial score (nSPS) is 10.3. The summed E-state index contributed by atoms with van der Waals surface area (Å²) >= 11 is 9.23. The molecule has 0 saturated heterocycles. The van der Waals surface area contributed by atoms with E-state index in [0.29, 0.717) is 10.8 Å². The van der Waals surface area contributed by atoms with Crippen molar-refractivity contribution in [1.29, 1.82) is 0 Å². The second kappa shape index (κ2) is 3.52. The lowest BCUT2D eigenvalue weighted by atomic mass is 10.2. The molecule has 0 aliphatic rings. The van der Waals surface area contributed by atoms with Crippen LogP contribution in [0.5, 0.6) is 0 Å². The highest BCUT2D eigenvalue weighted by molar-refractivity contribution is 9.10. The van der Waals surface area contributed by atoms with Crippen LogP contribution in [0.4, 0.5) is 0 Å². The molecule has 0 bridgehead atoms. The predicted octanol–water partition coefficient (Wildman–Crippen LogP) is 3.76. The first-order valence-electron chi connectivity index (χ1n) is 3.60. The van der Waals surface area contributed by atoms with Crippen LogP contribution >= 0.6 is 27.5 Å². The molecule has 0 atom stereocenters. The topological polar surface area (TPSA) is 26.0 Å². The molecule has 66 valence electrons. The van der Waals surface area contributed by atoms with E-state index in [0.717, 1.165) is 10.0 Å². The van der Waals surface area contributed by atoms with Crippen molar-refractivity contribution in [2.24, 2.45) is 0 Å². The zero-order valence-corrected chi connectivity index (χ0v) is 8.84. The molecular formula is C9H5BrClNO. The number of hydrogen-bond donors (Lipinski definition) is 0. The van der Waals surface area contributed by atoms with Gasteiger partial charge in [-0.25, -0.2) is 4.98 Å². The quantitative estimate of drug-likeness (QED) is 0.778. The molecule has 0 radical (unpaired) electrons. The maximum atomic E-state index is 5.87. The first-order valence-corrected chi connectivity index (χ1v) is 4.78. The lowest BCUT2D eigenvalue weighted by Gasteiger charge is -1.98. The lowest BCUT2D eigenvalue weighted by molar-refractivity contribution is 0.572. The van der Waals surface area contributed by atoms with E-state index in [4.69, 9.17) is 16.0 Å². The first kappa shape index (κ1) is 8.78. The number of halogens is 2. The number of nitrogens with zero attached hydrogens (tertiary/aromatic N) is 1. The summed E-state index contributed by atoms with van der Waals surface area (Å²) in [7, 11) is 0. The molecule has 1 aromatic carbocycles. The summed E-state index contributed by atoms with van der Waals surface area (Å²) in [6.07, 6.45) is 3.04. The van der Waals surface area contributed by atoms with Gasteiger partial charge in [-0.1, -0.05) is 27.5 Å². The van der Waals surface area contributed by atoms with Gasteiger partial charge in [0.15, 0.2) is 12.2 Å². The van der Waals surface area contributed by atoms with Gasteiger partial charge in [-0.15, -0.1) is 0 Å². The Balaban J connectivity index is 2.53. The molecule has 1 heterocycles. The Morgan fingerprint density at radius 3 is 2.77 bits per heavy atom. The maximum absolute atomic E-state index is 5.87. The second-order valence-electron chi connectivity index (χ2n) is 2.52. The molecule has 0 unspecified atom stereocenters. The number of benzene rings is 1. The summed E-state index contributed by atoms with van der Waals surface area (Å²) in [4.78, 5) is 3.83. The Morgan fingerprint density at radius 2 is 2.15 bits per heavy atom. The Labute approximate surface area is 88.7 Å². The van der Waals surface area contributed by atoms with Gasteiger partial charge in [-0.3, -0.25) is 0 Å². The standard InChI is InChI=1S/C9H5BrClNO/c10-7-1-6(2-8(11)3-7)9-4-12-5-13-9/h1-5H. The van der Waals surface area contributed by atoms with Gasteiger partial charge in [0.2, 0.25) is 0 Å². The first-order chi connectivity index (χ1) is 6.25. The van der Waals surface area contributed by atoms with E-state index in [1.165, 1.54) is 6.39 Å². The lowest BCUT2D eigenvalue weighted by Crippen LogP contribution is -1.74. The van der Waals surface area contributed by atoms with E-state index in [1.807, 2.05) is 18.2 Å². The van der Waals surface area contributed by atoms with E-state index in [-0.39, 0.29) is 0 Å². The molecular weight excluding hydrogens is 253 g/mol. The van der Waals surface area contributed by atoms with Crippen LogP contribution in [0.3, 0.4) is 0 Å². The molecule has 2 rings (SSSR count). The minimum atomic E-state index is 0.667. The highest BCUT2D eigenvalue weighted by atomic mass is 79.9. The highest BCUT2D eigenvalue weighted by Gasteiger charge is 2.03. The maximum Gasteiger partial charge on any atom is 0.181 e. The number of hydrogen-bond acceptors (Lipinski definition) is 2. The second-order valence-corrected chi connectivity index (χ2v) is 3.88. The van der Waals surface area contributed by atoms with Crippen LogP contribution in [0, 0.1) is 0 Å². The minimum Gasteiger partial charge on any atom is -0.444 e. The molecule has 1 aromatic heterocycles. The van der Waals surface area contributed by atoms with E-state index in [9.17, 15) is 0 Å². The van der Waals surface area contributed by atoms with Crippen molar-refractivity contribution in [2.75, 3.05) is 0 Å². The molecule has 0 aliphatic carbocycles. The third-order valence-electron chi connectivity index (χ3n) is 1.58. The molecule has 0 aliphatic heterocycles. The van der Waals surface area contributed by atoms with Gasteiger partial charge in [0.05, 0.1) is 6.20 Å². The minimum absolute atomic E-state index is 0.667. The monoisotopic (exact) mass is 257 g/mol. The molecule has 2 aromatic rings. The molecule has 4 heteroatoms. The van der Waals surface area contributed by atoms with Crippen molar-refractivity contribution < 1.29 is 4.42 Å². The fraction of sp³-hybridized carbons (Fsp3) is 0.